The molecule has 0 unspecified atom stereocenters. The number of hydrogen-bond acceptors (Lipinski definition) is 5. The van der Waals surface area contributed by atoms with Gasteiger partial charge in [-0.15, -0.1) is 0 Å². The summed E-state index contributed by atoms with van der Waals surface area (Å²) in [6.07, 6.45) is 1.85. The van der Waals surface area contributed by atoms with Gasteiger partial charge in [-0.2, -0.15) is 5.26 Å². The molecule has 0 fully saturated rings. The molecular weight excluding hydrogens is 238 g/mol. The van der Waals surface area contributed by atoms with Crippen LogP contribution in [0.4, 0.5) is 17.3 Å². The minimum atomic E-state index is 0.488. The van der Waals surface area contributed by atoms with Crippen molar-refractivity contribution in [2.45, 2.75) is 20.8 Å². The van der Waals surface area contributed by atoms with Gasteiger partial charge in [0.2, 0.25) is 0 Å². The van der Waals surface area contributed by atoms with Crippen LogP contribution in [-0.2, 0) is 0 Å². The molecule has 0 radical (unpaired) electrons. The molecule has 0 saturated carbocycles. The Morgan fingerprint density at radius 2 is 1.79 bits per heavy atom. The number of nitriles is 1. The number of hydrogen-bond donors (Lipinski definition) is 2. The SMILES string of the molecule is Cc1ccc(Nc2cc(NC#N)nc(C)n2)c(C)c1. The lowest BCUT2D eigenvalue weighted by Crippen LogP contribution is -2.01. The van der Waals surface area contributed by atoms with Crippen molar-refractivity contribution in [2.75, 3.05) is 10.6 Å². The van der Waals surface area contributed by atoms with Crippen molar-refractivity contribution in [1.82, 2.24) is 9.97 Å². The van der Waals surface area contributed by atoms with E-state index in [1.807, 2.05) is 25.2 Å². The van der Waals surface area contributed by atoms with Gasteiger partial charge in [0.05, 0.1) is 0 Å². The third-order valence-corrected chi connectivity index (χ3v) is 2.67. The van der Waals surface area contributed by atoms with Gasteiger partial charge in [-0.1, -0.05) is 17.7 Å². The van der Waals surface area contributed by atoms with Crippen LogP contribution in [0.2, 0.25) is 0 Å². The van der Waals surface area contributed by atoms with Gasteiger partial charge in [-0.05, 0) is 32.4 Å². The quantitative estimate of drug-likeness (QED) is 0.649. The van der Waals surface area contributed by atoms with Gasteiger partial charge in [0.1, 0.15) is 17.5 Å². The molecule has 5 heteroatoms. The van der Waals surface area contributed by atoms with Gasteiger partial charge in [-0.25, -0.2) is 9.97 Å². The topological polar surface area (TPSA) is 73.6 Å². The predicted octanol–water partition coefficient (Wildman–Crippen LogP) is 3.04. The van der Waals surface area contributed by atoms with E-state index in [-0.39, 0.29) is 0 Å². The van der Waals surface area contributed by atoms with Crippen LogP contribution in [-0.4, -0.2) is 9.97 Å². The van der Waals surface area contributed by atoms with Crippen LogP contribution in [0, 0.1) is 32.2 Å². The van der Waals surface area contributed by atoms with E-state index >= 15 is 0 Å². The summed E-state index contributed by atoms with van der Waals surface area (Å²) in [4.78, 5) is 8.42. The van der Waals surface area contributed by atoms with Crippen LogP contribution in [0.15, 0.2) is 24.3 Å². The summed E-state index contributed by atoms with van der Waals surface area (Å²) in [5.41, 5.74) is 3.35. The highest BCUT2D eigenvalue weighted by Crippen LogP contribution is 2.21. The van der Waals surface area contributed by atoms with Crippen LogP contribution in [0.3, 0.4) is 0 Å². The molecule has 0 bridgehead atoms. The van der Waals surface area contributed by atoms with Crippen LogP contribution in [0.1, 0.15) is 17.0 Å². The minimum Gasteiger partial charge on any atom is -0.340 e. The Kier molecular flexibility index (Phi) is 3.62. The summed E-state index contributed by atoms with van der Waals surface area (Å²) < 4.78 is 0. The van der Waals surface area contributed by atoms with Crippen molar-refractivity contribution in [3.8, 4) is 6.19 Å². The molecule has 2 rings (SSSR count). The fourth-order valence-electron chi connectivity index (χ4n) is 1.84. The van der Waals surface area contributed by atoms with Gasteiger partial charge in [0.25, 0.3) is 0 Å². The first-order valence-corrected chi connectivity index (χ1v) is 5.93. The number of nitrogens with one attached hydrogen (secondary N) is 2. The Hall–Kier alpha value is -2.61. The van der Waals surface area contributed by atoms with E-state index < -0.39 is 0 Å². The smallest absolute Gasteiger partial charge is 0.182 e. The summed E-state index contributed by atoms with van der Waals surface area (Å²) in [5.74, 6) is 1.76. The van der Waals surface area contributed by atoms with E-state index in [9.17, 15) is 0 Å². The molecule has 0 aliphatic rings. The number of nitrogens with zero attached hydrogens (tertiary/aromatic N) is 3. The maximum absolute atomic E-state index is 8.62. The molecule has 0 atom stereocenters. The van der Waals surface area contributed by atoms with Crippen molar-refractivity contribution in [3.63, 3.8) is 0 Å². The van der Waals surface area contributed by atoms with Crippen LogP contribution < -0.4 is 10.6 Å². The Labute approximate surface area is 112 Å². The second-order valence-corrected chi connectivity index (χ2v) is 4.37. The molecule has 1 aromatic heterocycles. The molecule has 0 saturated heterocycles. The Morgan fingerprint density at radius 3 is 2.47 bits per heavy atom. The normalized spacial score (nSPS) is 9.79. The number of anilines is 3. The van der Waals surface area contributed by atoms with Gasteiger partial charge in [0, 0.05) is 11.8 Å². The maximum atomic E-state index is 8.62. The van der Waals surface area contributed by atoms with E-state index in [2.05, 4.69) is 33.6 Å². The molecule has 0 amide bonds. The van der Waals surface area contributed by atoms with Crippen molar-refractivity contribution >= 4 is 17.3 Å². The third kappa shape index (κ3) is 3.19. The largest absolute Gasteiger partial charge is 0.340 e. The average Bonchev–Trinajstić information content (AvgIpc) is 2.32. The number of benzene rings is 1. The van der Waals surface area contributed by atoms with Gasteiger partial charge < -0.3 is 5.32 Å². The molecule has 96 valence electrons. The highest BCUT2D eigenvalue weighted by Gasteiger charge is 2.04. The predicted molar refractivity (Wildman–Crippen MR) is 75.2 cm³/mol. The van der Waals surface area contributed by atoms with E-state index in [4.69, 9.17) is 5.26 Å². The lowest BCUT2D eigenvalue weighted by Gasteiger charge is -2.10. The highest BCUT2D eigenvalue weighted by molar-refractivity contribution is 5.63. The van der Waals surface area contributed by atoms with Crippen molar-refractivity contribution in [2.24, 2.45) is 0 Å². The molecule has 5 nitrogen and oxygen atoms in total. The molecule has 0 spiro atoms. The zero-order valence-electron chi connectivity index (χ0n) is 11.2. The zero-order chi connectivity index (χ0) is 13.8. The fourth-order valence-corrected chi connectivity index (χ4v) is 1.84. The first-order valence-electron chi connectivity index (χ1n) is 5.93. The van der Waals surface area contributed by atoms with E-state index in [1.165, 1.54) is 5.56 Å². The van der Waals surface area contributed by atoms with Crippen molar-refractivity contribution < 1.29 is 0 Å². The Morgan fingerprint density at radius 1 is 1.05 bits per heavy atom. The summed E-state index contributed by atoms with van der Waals surface area (Å²) in [6, 6.07) is 7.86. The van der Waals surface area contributed by atoms with Gasteiger partial charge in [-0.3, -0.25) is 5.32 Å². The average molecular weight is 253 g/mol. The number of rotatable bonds is 3. The zero-order valence-corrected chi connectivity index (χ0v) is 11.2. The summed E-state index contributed by atoms with van der Waals surface area (Å²) in [5, 5.41) is 14.4. The summed E-state index contributed by atoms with van der Waals surface area (Å²) >= 11 is 0. The minimum absolute atomic E-state index is 0.488. The second-order valence-electron chi connectivity index (χ2n) is 4.37. The lowest BCUT2D eigenvalue weighted by atomic mass is 10.1. The maximum Gasteiger partial charge on any atom is 0.182 e. The molecule has 1 aromatic carbocycles. The van der Waals surface area contributed by atoms with Crippen LogP contribution in [0.25, 0.3) is 0 Å². The molecule has 0 aliphatic heterocycles. The van der Waals surface area contributed by atoms with Crippen molar-refractivity contribution in [3.05, 3.63) is 41.2 Å². The molecular formula is C14H15N5. The van der Waals surface area contributed by atoms with Gasteiger partial charge in [0.15, 0.2) is 6.19 Å². The highest BCUT2D eigenvalue weighted by atomic mass is 15.1. The Bertz CT molecular complexity index is 643. The van der Waals surface area contributed by atoms with Gasteiger partial charge >= 0.3 is 0 Å². The fraction of sp³-hybridized carbons (Fsp3) is 0.214. The number of aryl methyl sites for hydroxylation is 3. The second kappa shape index (κ2) is 5.36. The third-order valence-electron chi connectivity index (χ3n) is 2.67. The van der Waals surface area contributed by atoms with Crippen molar-refractivity contribution in [1.29, 1.82) is 5.26 Å². The molecule has 2 aromatic rings. The molecule has 0 aliphatic carbocycles. The summed E-state index contributed by atoms with van der Waals surface area (Å²) in [6.45, 7) is 5.88. The monoisotopic (exact) mass is 253 g/mol. The Balaban J connectivity index is 2.30. The van der Waals surface area contributed by atoms with E-state index in [0.29, 0.717) is 17.5 Å². The standard InChI is InChI=1S/C14H15N5/c1-9-4-5-12(10(2)6-9)19-14-7-13(16-8-15)17-11(3)18-14/h4-7H,1-3H3,(H2,16,17,18,19). The molecule has 1 heterocycles. The first kappa shape index (κ1) is 12.8. The summed E-state index contributed by atoms with van der Waals surface area (Å²) in [7, 11) is 0. The van der Waals surface area contributed by atoms with Crippen LogP contribution in [0.5, 0.6) is 0 Å². The molecule has 2 N–H and O–H groups in total. The van der Waals surface area contributed by atoms with E-state index in [0.717, 1.165) is 11.3 Å². The number of aromatic nitrogens is 2. The first-order chi connectivity index (χ1) is 9.08. The van der Waals surface area contributed by atoms with Crippen LogP contribution >= 0.6 is 0 Å². The lowest BCUT2D eigenvalue weighted by molar-refractivity contribution is 1.06. The van der Waals surface area contributed by atoms with E-state index in [1.54, 1.807) is 13.0 Å². The molecule has 19 heavy (non-hydrogen) atoms.